The first-order valence-electron chi connectivity index (χ1n) is 7.88. The Labute approximate surface area is 142 Å². The van der Waals surface area contributed by atoms with Crippen molar-refractivity contribution in [1.29, 1.82) is 0 Å². The van der Waals surface area contributed by atoms with Crippen LogP contribution in [0.1, 0.15) is 31.7 Å². The van der Waals surface area contributed by atoms with Gasteiger partial charge in [-0.1, -0.05) is 6.42 Å². The summed E-state index contributed by atoms with van der Waals surface area (Å²) in [4.78, 5) is 24.0. The molecule has 0 spiro atoms. The Hall–Kier alpha value is -2.32. The zero-order valence-corrected chi connectivity index (χ0v) is 13.6. The number of carbonyl (C=O) groups excluding carboxylic acids is 2. The highest BCUT2D eigenvalue weighted by Crippen LogP contribution is 2.40. The van der Waals surface area contributed by atoms with Crippen molar-refractivity contribution in [1.82, 2.24) is 10.6 Å². The summed E-state index contributed by atoms with van der Waals surface area (Å²) in [5.41, 5.74) is -2.54. The summed E-state index contributed by atoms with van der Waals surface area (Å²) in [5, 5.41) is 7.20. The molecular weight excluding hydrogens is 342 g/mol. The van der Waals surface area contributed by atoms with Crippen LogP contribution in [0.4, 0.5) is 28.0 Å². The van der Waals surface area contributed by atoms with E-state index in [0.29, 0.717) is 25.5 Å². The highest BCUT2D eigenvalue weighted by atomic mass is 19.4. The summed E-state index contributed by atoms with van der Waals surface area (Å²) < 4.78 is 51.8. The largest absolute Gasteiger partial charge is 0.418 e. The first-order chi connectivity index (χ1) is 11.7. The minimum Gasteiger partial charge on any atom is -0.356 e. The molecule has 25 heavy (non-hydrogen) atoms. The lowest BCUT2D eigenvalue weighted by Gasteiger charge is -2.40. The third-order valence-electron chi connectivity index (χ3n) is 4.25. The van der Waals surface area contributed by atoms with E-state index >= 15 is 0 Å². The Kier molecular flexibility index (Phi) is 5.54. The summed E-state index contributed by atoms with van der Waals surface area (Å²) in [5.74, 6) is -1.23. The molecule has 2 rings (SSSR count). The maximum Gasteiger partial charge on any atom is 0.418 e. The topological polar surface area (TPSA) is 70.2 Å². The fraction of sp³-hybridized carbons (Fsp3) is 0.500. The monoisotopic (exact) mass is 361 g/mol. The van der Waals surface area contributed by atoms with Gasteiger partial charge in [0.25, 0.3) is 0 Å². The van der Waals surface area contributed by atoms with E-state index in [2.05, 4.69) is 16.0 Å². The van der Waals surface area contributed by atoms with Crippen LogP contribution in [0.15, 0.2) is 18.2 Å². The van der Waals surface area contributed by atoms with Crippen LogP contribution in [0.3, 0.4) is 0 Å². The first-order valence-corrected chi connectivity index (χ1v) is 7.88. The van der Waals surface area contributed by atoms with Crippen LogP contribution in [0, 0.1) is 11.2 Å². The number of benzene rings is 1. The molecule has 0 saturated heterocycles. The lowest BCUT2D eigenvalue weighted by molar-refractivity contribution is -0.137. The van der Waals surface area contributed by atoms with Crippen LogP contribution >= 0.6 is 0 Å². The molecule has 1 aliphatic rings. The lowest BCUT2D eigenvalue weighted by Crippen LogP contribution is -2.52. The van der Waals surface area contributed by atoms with E-state index in [1.54, 1.807) is 6.92 Å². The Morgan fingerprint density at radius 3 is 2.40 bits per heavy atom. The minimum absolute atomic E-state index is 0.0210. The summed E-state index contributed by atoms with van der Waals surface area (Å²) in [7, 11) is 0. The van der Waals surface area contributed by atoms with Gasteiger partial charge in [-0.15, -0.1) is 0 Å². The number of urea groups is 1. The van der Waals surface area contributed by atoms with Gasteiger partial charge in [-0.2, -0.15) is 13.2 Å². The van der Waals surface area contributed by atoms with Gasteiger partial charge in [-0.25, -0.2) is 9.18 Å². The van der Waals surface area contributed by atoms with Gasteiger partial charge in [-0.05, 0) is 38.0 Å². The lowest BCUT2D eigenvalue weighted by atomic mass is 9.68. The van der Waals surface area contributed by atoms with Gasteiger partial charge in [0.2, 0.25) is 5.91 Å². The molecule has 0 heterocycles. The Morgan fingerprint density at radius 1 is 1.20 bits per heavy atom. The molecule has 138 valence electrons. The minimum atomic E-state index is -4.80. The Balaban J connectivity index is 2.03. The number of carbonyl (C=O) groups is 2. The van der Waals surface area contributed by atoms with Crippen molar-refractivity contribution in [3.63, 3.8) is 0 Å². The maximum absolute atomic E-state index is 13.1. The van der Waals surface area contributed by atoms with Crippen LogP contribution < -0.4 is 16.0 Å². The van der Waals surface area contributed by atoms with E-state index in [-0.39, 0.29) is 12.5 Å². The second kappa shape index (κ2) is 7.28. The van der Waals surface area contributed by atoms with Crippen molar-refractivity contribution in [2.24, 2.45) is 5.41 Å². The van der Waals surface area contributed by atoms with Crippen molar-refractivity contribution in [2.45, 2.75) is 32.4 Å². The smallest absolute Gasteiger partial charge is 0.356 e. The van der Waals surface area contributed by atoms with Gasteiger partial charge in [0.15, 0.2) is 0 Å². The van der Waals surface area contributed by atoms with Crippen molar-refractivity contribution in [2.75, 3.05) is 18.4 Å². The number of amides is 3. The number of nitrogens with one attached hydrogen (secondary N) is 3. The summed E-state index contributed by atoms with van der Waals surface area (Å²) in [6, 6.07) is 1.11. The Bertz CT molecular complexity index is 657. The SMILES string of the molecule is CCNC(=O)C1(CNC(=O)Nc2ccc(F)cc2C(F)(F)F)CCC1. The fourth-order valence-electron chi connectivity index (χ4n) is 2.71. The quantitative estimate of drug-likeness (QED) is 0.705. The van der Waals surface area contributed by atoms with E-state index < -0.39 is 34.7 Å². The van der Waals surface area contributed by atoms with E-state index in [0.717, 1.165) is 18.6 Å². The summed E-state index contributed by atoms with van der Waals surface area (Å²) in [6.07, 6.45) is -2.76. The van der Waals surface area contributed by atoms with Crippen molar-refractivity contribution >= 4 is 17.6 Å². The predicted octanol–water partition coefficient (Wildman–Crippen LogP) is 3.27. The number of anilines is 1. The average Bonchev–Trinajstić information content (AvgIpc) is 2.47. The van der Waals surface area contributed by atoms with Crippen LogP contribution in [-0.2, 0) is 11.0 Å². The molecule has 9 heteroatoms. The molecule has 1 aromatic carbocycles. The van der Waals surface area contributed by atoms with E-state index in [1.165, 1.54) is 0 Å². The van der Waals surface area contributed by atoms with Gasteiger partial charge in [0.1, 0.15) is 5.82 Å². The van der Waals surface area contributed by atoms with E-state index in [4.69, 9.17) is 0 Å². The molecule has 0 unspecified atom stereocenters. The van der Waals surface area contributed by atoms with Crippen LogP contribution in [0.25, 0.3) is 0 Å². The van der Waals surface area contributed by atoms with Crippen molar-refractivity contribution < 1.29 is 27.2 Å². The number of hydrogen-bond acceptors (Lipinski definition) is 2. The fourth-order valence-corrected chi connectivity index (χ4v) is 2.71. The van der Waals surface area contributed by atoms with Gasteiger partial charge >= 0.3 is 12.2 Å². The zero-order chi connectivity index (χ0) is 18.7. The highest BCUT2D eigenvalue weighted by molar-refractivity contribution is 5.91. The van der Waals surface area contributed by atoms with Gasteiger partial charge in [0, 0.05) is 13.1 Å². The molecule has 1 aliphatic carbocycles. The average molecular weight is 361 g/mol. The van der Waals surface area contributed by atoms with Crippen molar-refractivity contribution in [3.05, 3.63) is 29.6 Å². The second-order valence-corrected chi connectivity index (χ2v) is 5.99. The molecule has 1 saturated carbocycles. The standard InChI is InChI=1S/C16H19F4N3O2/c1-2-21-13(24)15(6-3-7-15)9-22-14(25)23-12-5-4-10(17)8-11(12)16(18,19)20/h4-5,8H,2-3,6-7,9H2,1H3,(H,21,24)(H2,22,23,25). The molecule has 0 radical (unpaired) electrons. The number of hydrogen-bond donors (Lipinski definition) is 3. The first kappa shape index (κ1) is 19.0. The normalized spacial score (nSPS) is 15.9. The summed E-state index contributed by atoms with van der Waals surface area (Å²) in [6.45, 7) is 2.25. The van der Waals surface area contributed by atoms with Gasteiger partial charge in [-0.3, -0.25) is 4.79 Å². The Morgan fingerprint density at radius 2 is 1.88 bits per heavy atom. The molecule has 5 nitrogen and oxygen atoms in total. The second-order valence-electron chi connectivity index (χ2n) is 5.99. The molecule has 0 aliphatic heterocycles. The van der Waals surface area contributed by atoms with E-state index in [9.17, 15) is 27.2 Å². The predicted molar refractivity (Wildman–Crippen MR) is 83.4 cm³/mol. The molecule has 0 aromatic heterocycles. The van der Waals surface area contributed by atoms with Crippen molar-refractivity contribution in [3.8, 4) is 0 Å². The number of rotatable bonds is 5. The van der Waals surface area contributed by atoms with Crippen LogP contribution in [0.5, 0.6) is 0 Å². The third kappa shape index (κ3) is 4.40. The molecule has 1 aromatic rings. The van der Waals surface area contributed by atoms with E-state index in [1.807, 2.05) is 0 Å². The molecule has 0 bridgehead atoms. The molecule has 3 N–H and O–H groups in total. The summed E-state index contributed by atoms with van der Waals surface area (Å²) >= 11 is 0. The number of alkyl halides is 3. The van der Waals surface area contributed by atoms with Crippen LogP contribution in [-0.4, -0.2) is 25.0 Å². The van der Waals surface area contributed by atoms with Crippen LogP contribution in [0.2, 0.25) is 0 Å². The molecule has 1 fully saturated rings. The molecule has 0 atom stereocenters. The zero-order valence-electron chi connectivity index (χ0n) is 13.6. The molecular formula is C16H19F4N3O2. The highest BCUT2D eigenvalue weighted by Gasteiger charge is 2.44. The van der Waals surface area contributed by atoms with Gasteiger partial charge in [0.05, 0.1) is 16.7 Å². The third-order valence-corrected chi connectivity index (χ3v) is 4.25. The van der Waals surface area contributed by atoms with Gasteiger partial charge < -0.3 is 16.0 Å². The molecule has 3 amide bonds. The number of halogens is 4. The maximum atomic E-state index is 13.1.